The van der Waals surface area contributed by atoms with Gasteiger partial charge >= 0.3 is 11.9 Å². The van der Waals surface area contributed by atoms with Gasteiger partial charge in [-0.2, -0.15) is 0 Å². The van der Waals surface area contributed by atoms with E-state index >= 15 is 0 Å². The first-order valence-corrected chi connectivity index (χ1v) is 11.7. The van der Waals surface area contributed by atoms with Crippen molar-refractivity contribution in [3.8, 4) is 0 Å². The molecule has 0 heterocycles. The zero-order chi connectivity index (χ0) is 23.2. The number of aliphatic carboxylic acids is 3. The fourth-order valence-electron chi connectivity index (χ4n) is 4.42. The Kier molecular flexibility index (Phi) is 14.4. The molecule has 3 unspecified atom stereocenters. The Morgan fingerprint density at radius 1 is 0.667 bits per heavy atom. The van der Waals surface area contributed by atoms with Crippen LogP contribution in [0, 0.1) is 0 Å². The van der Waals surface area contributed by atoms with E-state index in [0.717, 1.165) is 19.3 Å². The maximum absolute atomic E-state index is 11.7. The number of hydrogen-bond donors (Lipinski definition) is 2. The minimum absolute atomic E-state index is 0.188. The van der Waals surface area contributed by atoms with Crippen molar-refractivity contribution in [1.82, 2.24) is 0 Å². The van der Waals surface area contributed by atoms with Crippen molar-refractivity contribution in [3.05, 3.63) is 0 Å². The summed E-state index contributed by atoms with van der Waals surface area (Å²) in [7, 11) is 0. The minimum atomic E-state index is -1.42. The molecule has 0 aliphatic carbocycles. The first kappa shape index (κ1) is 28.4. The molecule has 0 aromatic carbocycles. The van der Waals surface area contributed by atoms with E-state index in [1.54, 1.807) is 0 Å². The number of rotatable bonds is 19. The lowest BCUT2D eigenvalue weighted by molar-refractivity contribution is -0.969. The molecule has 2 N–H and O–H groups in total. The Labute approximate surface area is 182 Å². The van der Waals surface area contributed by atoms with E-state index in [4.69, 9.17) is 0 Å². The van der Waals surface area contributed by atoms with Gasteiger partial charge in [-0.3, -0.25) is 4.48 Å². The van der Waals surface area contributed by atoms with E-state index in [-0.39, 0.29) is 6.54 Å². The predicted molar refractivity (Wildman–Crippen MR) is 115 cm³/mol. The summed E-state index contributed by atoms with van der Waals surface area (Å²) < 4.78 is -0.537. The molecular formula is C23H43NO6. The first-order chi connectivity index (χ1) is 14.1. The third-order valence-corrected chi connectivity index (χ3v) is 6.62. The van der Waals surface area contributed by atoms with Crippen LogP contribution in [0.3, 0.4) is 0 Å². The summed E-state index contributed by atoms with van der Waals surface area (Å²) in [5.41, 5.74) is 0. The van der Waals surface area contributed by atoms with Crippen LogP contribution in [0.4, 0.5) is 0 Å². The van der Waals surface area contributed by atoms with Gasteiger partial charge in [0, 0.05) is 0 Å². The second-order valence-electron chi connectivity index (χ2n) is 8.63. The van der Waals surface area contributed by atoms with Gasteiger partial charge in [0.25, 0.3) is 0 Å². The largest absolute Gasteiger partial charge is 0.544 e. The summed E-state index contributed by atoms with van der Waals surface area (Å²) in [5, 5.41) is 30.7. The van der Waals surface area contributed by atoms with Crippen LogP contribution in [0.2, 0.25) is 0 Å². The number of unbranched alkanes of at least 4 members (excludes halogenated alkanes) is 11. The van der Waals surface area contributed by atoms with Crippen molar-refractivity contribution < 1.29 is 34.2 Å². The van der Waals surface area contributed by atoms with Crippen molar-refractivity contribution in [2.24, 2.45) is 0 Å². The van der Waals surface area contributed by atoms with Crippen molar-refractivity contribution in [1.29, 1.82) is 0 Å². The van der Waals surface area contributed by atoms with Gasteiger partial charge in [-0.15, -0.1) is 0 Å². The molecule has 0 bridgehead atoms. The average Bonchev–Trinajstić information content (AvgIpc) is 2.70. The molecule has 3 atom stereocenters. The average molecular weight is 430 g/mol. The summed E-state index contributed by atoms with van der Waals surface area (Å²) >= 11 is 0. The van der Waals surface area contributed by atoms with Gasteiger partial charge in [0.2, 0.25) is 0 Å². The Hall–Kier alpha value is -1.63. The zero-order valence-electron chi connectivity index (χ0n) is 19.4. The number of carboxylic acids is 3. The summed E-state index contributed by atoms with van der Waals surface area (Å²) in [6.45, 7) is 6.54. The van der Waals surface area contributed by atoms with Crippen LogP contribution in [-0.2, 0) is 14.4 Å². The van der Waals surface area contributed by atoms with Crippen molar-refractivity contribution in [2.45, 2.75) is 123 Å². The fourth-order valence-corrected chi connectivity index (χ4v) is 4.42. The molecule has 0 spiro atoms. The van der Waals surface area contributed by atoms with E-state index in [9.17, 15) is 29.7 Å². The second kappa shape index (κ2) is 15.2. The molecule has 30 heavy (non-hydrogen) atoms. The van der Waals surface area contributed by atoms with Gasteiger partial charge in [0.05, 0.1) is 12.5 Å². The van der Waals surface area contributed by atoms with Gasteiger partial charge in [0.1, 0.15) is 6.04 Å². The van der Waals surface area contributed by atoms with Crippen molar-refractivity contribution >= 4 is 17.9 Å². The number of carbonyl (C=O) groups is 3. The SMILES string of the molecule is CCCCCCCCCCCCCC[N+](C(C)C(=O)[O-])(C(C)C(=O)O)C(C)C(=O)O. The molecule has 0 aromatic rings. The molecule has 0 amide bonds. The van der Waals surface area contributed by atoms with E-state index in [2.05, 4.69) is 6.92 Å². The number of carbonyl (C=O) groups excluding carboxylic acids is 1. The Balaban J connectivity index is 4.65. The van der Waals surface area contributed by atoms with Gasteiger partial charge in [-0.25, -0.2) is 9.59 Å². The number of hydrogen-bond acceptors (Lipinski definition) is 4. The Morgan fingerprint density at radius 2 is 1.00 bits per heavy atom. The fraction of sp³-hybridized carbons (Fsp3) is 0.870. The van der Waals surface area contributed by atoms with Crippen LogP contribution in [0.1, 0.15) is 105 Å². The molecule has 0 aliphatic rings. The number of carboxylic acid groups (broad SMARTS) is 3. The van der Waals surface area contributed by atoms with Crippen LogP contribution in [-0.4, -0.2) is 57.3 Å². The topological polar surface area (TPSA) is 115 Å². The predicted octanol–water partition coefficient (Wildman–Crippen LogP) is 3.59. The highest BCUT2D eigenvalue weighted by Crippen LogP contribution is 2.27. The standard InChI is InChI=1S/C23H43NO6/c1-5-6-7-8-9-10-11-12-13-14-15-16-17-24(18(2)21(25)26,19(3)22(27)28)20(4)23(29)30/h18-20H,5-17H2,1-4H3,(H2-,25,26,27,28,29,30). The van der Waals surface area contributed by atoms with Crippen LogP contribution in [0.5, 0.6) is 0 Å². The maximum atomic E-state index is 11.7. The quantitative estimate of drug-likeness (QED) is 0.239. The van der Waals surface area contributed by atoms with Crippen molar-refractivity contribution in [3.63, 3.8) is 0 Å². The molecule has 0 saturated carbocycles. The maximum Gasteiger partial charge on any atom is 0.362 e. The summed E-state index contributed by atoms with van der Waals surface area (Å²) in [6.07, 6.45) is 13.7. The molecule has 7 nitrogen and oxygen atoms in total. The van der Waals surface area contributed by atoms with Crippen LogP contribution in [0.25, 0.3) is 0 Å². The lowest BCUT2D eigenvalue weighted by Crippen LogP contribution is -2.72. The molecule has 7 heteroatoms. The lowest BCUT2D eigenvalue weighted by Gasteiger charge is -2.49. The van der Waals surface area contributed by atoms with Gasteiger partial charge in [-0.1, -0.05) is 71.1 Å². The third kappa shape index (κ3) is 9.02. The molecule has 0 rings (SSSR count). The highest BCUT2D eigenvalue weighted by molar-refractivity contribution is 5.76. The molecule has 0 fully saturated rings. The smallest absolute Gasteiger partial charge is 0.362 e. The Bertz CT molecular complexity index is 472. The highest BCUT2D eigenvalue weighted by atomic mass is 16.4. The van der Waals surface area contributed by atoms with E-state index in [1.807, 2.05) is 0 Å². The van der Waals surface area contributed by atoms with Crippen molar-refractivity contribution in [2.75, 3.05) is 6.54 Å². The summed E-state index contributed by atoms with van der Waals surface area (Å²) in [6, 6.07) is -3.54. The van der Waals surface area contributed by atoms with E-state index in [1.165, 1.54) is 72.1 Å². The zero-order valence-corrected chi connectivity index (χ0v) is 19.4. The third-order valence-electron chi connectivity index (χ3n) is 6.62. The molecule has 0 saturated heterocycles. The second-order valence-corrected chi connectivity index (χ2v) is 8.63. The highest BCUT2D eigenvalue weighted by Gasteiger charge is 2.50. The monoisotopic (exact) mass is 429 g/mol. The first-order valence-electron chi connectivity index (χ1n) is 11.7. The normalized spacial score (nSPS) is 16.4. The minimum Gasteiger partial charge on any atom is -0.544 e. The van der Waals surface area contributed by atoms with Crippen LogP contribution >= 0.6 is 0 Å². The van der Waals surface area contributed by atoms with E-state index in [0.29, 0.717) is 6.42 Å². The van der Waals surface area contributed by atoms with Gasteiger partial charge in [-0.05, 0) is 33.6 Å². The molecular weight excluding hydrogens is 386 g/mol. The lowest BCUT2D eigenvalue weighted by atomic mass is 10.00. The number of quaternary nitrogens is 1. The molecule has 0 aromatic heterocycles. The summed E-state index contributed by atoms with van der Waals surface area (Å²) in [4.78, 5) is 35.0. The van der Waals surface area contributed by atoms with Gasteiger partial charge < -0.3 is 20.1 Å². The van der Waals surface area contributed by atoms with Crippen LogP contribution in [0.15, 0.2) is 0 Å². The molecule has 176 valence electrons. The van der Waals surface area contributed by atoms with Crippen LogP contribution < -0.4 is 5.11 Å². The molecule has 0 aliphatic heterocycles. The Morgan fingerprint density at radius 3 is 1.30 bits per heavy atom. The summed E-state index contributed by atoms with van der Waals surface area (Å²) in [5.74, 6) is -3.82. The van der Waals surface area contributed by atoms with Gasteiger partial charge in [0.15, 0.2) is 12.1 Å². The number of nitrogens with zero attached hydrogens (tertiary/aromatic N) is 1. The van der Waals surface area contributed by atoms with E-state index < -0.39 is 40.5 Å². The molecule has 0 radical (unpaired) electrons.